The van der Waals surface area contributed by atoms with Gasteiger partial charge in [-0.25, -0.2) is 4.79 Å². The second-order valence-electron chi connectivity index (χ2n) is 9.00. The molecule has 2 aliphatic rings. The van der Waals surface area contributed by atoms with Crippen molar-refractivity contribution in [1.29, 1.82) is 0 Å². The Morgan fingerprint density at radius 2 is 1.94 bits per heavy atom. The van der Waals surface area contributed by atoms with Gasteiger partial charge in [-0.3, -0.25) is 0 Å². The number of rotatable bonds is 4. The third-order valence-electron chi connectivity index (χ3n) is 6.53. The van der Waals surface area contributed by atoms with Gasteiger partial charge in [0.15, 0.2) is 0 Å². The summed E-state index contributed by atoms with van der Waals surface area (Å²) < 4.78 is 7.88. The van der Waals surface area contributed by atoms with Crippen molar-refractivity contribution in [1.82, 2.24) is 9.47 Å². The van der Waals surface area contributed by atoms with Crippen LogP contribution in [-0.4, -0.2) is 22.1 Å². The number of urea groups is 1. The van der Waals surface area contributed by atoms with Crippen LogP contribution in [0.3, 0.4) is 0 Å². The number of anilines is 1. The average Bonchev–Trinajstić information content (AvgIpc) is 3.36. The van der Waals surface area contributed by atoms with Crippen molar-refractivity contribution < 1.29 is 9.53 Å². The van der Waals surface area contributed by atoms with Crippen LogP contribution in [-0.2, 0) is 19.4 Å². The van der Waals surface area contributed by atoms with E-state index in [9.17, 15) is 4.79 Å². The number of hydrogen-bond acceptors (Lipinski definition) is 3. The molecule has 3 heterocycles. The molecule has 0 unspecified atom stereocenters. The summed E-state index contributed by atoms with van der Waals surface area (Å²) in [5, 5.41) is 4.45. The Morgan fingerprint density at radius 3 is 2.69 bits per heavy atom. The fourth-order valence-corrected chi connectivity index (χ4v) is 6.52. The summed E-state index contributed by atoms with van der Waals surface area (Å²) in [6, 6.07) is 11.9. The number of aryl methyl sites for hydroxylation is 1. The molecule has 2 amide bonds. The van der Waals surface area contributed by atoms with Gasteiger partial charge in [0.25, 0.3) is 0 Å². The van der Waals surface area contributed by atoms with E-state index in [1.165, 1.54) is 39.5 Å². The fraction of sp³-hybridized carbons (Fsp3) is 0.423. The van der Waals surface area contributed by atoms with Gasteiger partial charge in [0.05, 0.1) is 19.2 Å². The van der Waals surface area contributed by atoms with Crippen LogP contribution >= 0.6 is 11.3 Å². The van der Waals surface area contributed by atoms with Crippen molar-refractivity contribution in [2.24, 2.45) is 5.92 Å². The highest BCUT2D eigenvalue weighted by Crippen LogP contribution is 2.44. The molecule has 1 aromatic carbocycles. The highest BCUT2D eigenvalue weighted by Gasteiger charge is 2.36. The van der Waals surface area contributed by atoms with Crippen molar-refractivity contribution in [3.63, 3.8) is 0 Å². The number of thiophene rings is 1. The number of amides is 2. The zero-order chi connectivity index (χ0) is 22.2. The Balaban J connectivity index is 1.52. The van der Waals surface area contributed by atoms with Crippen LogP contribution in [0.2, 0.25) is 0 Å². The topological polar surface area (TPSA) is 46.5 Å². The molecule has 168 valence electrons. The highest BCUT2D eigenvalue weighted by molar-refractivity contribution is 7.15. The van der Waals surface area contributed by atoms with E-state index in [2.05, 4.69) is 42.1 Å². The molecule has 0 saturated carbocycles. The first-order valence-electron chi connectivity index (χ1n) is 11.7. The minimum Gasteiger partial charge on any atom is -0.494 e. The second-order valence-corrected chi connectivity index (χ2v) is 10.1. The van der Waals surface area contributed by atoms with E-state index in [-0.39, 0.29) is 12.1 Å². The van der Waals surface area contributed by atoms with Gasteiger partial charge in [-0.15, -0.1) is 11.3 Å². The Kier molecular flexibility index (Phi) is 5.72. The lowest BCUT2D eigenvalue weighted by molar-refractivity contribution is 0.161. The van der Waals surface area contributed by atoms with E-state index >= 15 is 0 Å². The molecular weight excluding hydrogens is 418 g/mol. The first-order chi connectivity index (χ1) is 15.6. The van der Waals surface area contributed by atoms with Gasteiger partial charge in [-0.05, 0) is 80.5 Å². The molecule has 1 atom stereocenters. The lowest BCUT2D eigenvalue weighted by Crippen LogP contribution is -2.39. The third-order valence-corrected chi connectivity index (χ3v) is 7.87. The van der Waals surface area contributed by atoms with Gasteiger partial charge in [0, 0.05) is 28.0 Å². The molecule has 0 fully saturated rings. The number of nitrogens with zero attached hydrogens (tertiary/aromatic N) is 2. The molecule has 5 nitrogen and oxygen atoms in total. The fourth-order valence-electron chi connectivity index (χ4n) is 5.12. The normalized spacial score (nSPS) is 17.4. The number of ether oxygens (including phenoxy) is 1. The summed E-state index contributed by atoms with van der Waals surface area (Å²) in [5.74, 6) is 1.10. The average molecular weight is 450 g/mol. The number of hydrogen-bond donors (Lipinski definition) is 1. The standard InChI is InChI=1S/C26H31N3O2S/c1-4-31-19-13-11-18(12-14-19)27-26(30)29-16-21-20-8-5-6-10-23(20)32-25(21)28-15-7-9-22(28)24(29)17(2)3/h7,9,11-15,17,24H,4-6,8,10,16H2,1-3H3,(H,27,30)/t24-/m1/s1. The maximum absolute atomic E-state index is 13.7. The molecule has 0 saturated heterocycles. The minimum absolute atomic E-state index is 0.00605. The lowest BCUT2D eigenvalue weighted by Gasteiger charge is -2.33. The van der Waals surface area contributed by atoms with Crippen LogP contribution in [0.5, 0.6) is 5.75 Å². The van der Waals surface area contributed by atoms with Gasteiger partial charge in [0.1, 0.15) is 10.8 Å². The predicted molar refractivity (Wildman–Crippen MR) is 130 cm³/mol. The minimum atomic E-state index is -0.0516. The first kappa shape index (κ1) is 21.1. The van der Waals surface area contributed by atoms with Crippen LogP contribution in [0.1, 0.15) is 61.4 Å². The quantitative estimate of drug-likeness (QED) is 0.490. The van der Waals surface area contributed by atoms with Gasteiger partial charge >= 0.3 is 6.03 Å². The SMILES string of the molecule is CCOc1ccc(NC(=O)N2Cc3c(sc4c3CCCC4)-n3cccc3[C@H]2C(C)C)cc1. The Morgan fingerprint density at radius 1 is 1.16 bits per heavy atom. The second kappa shape index (κ2) is 8.66. The first-order valence-corrected chi connectivity index (χ1v) is 12.5. The molecule has 2 aromatic heterocycles. The van der Waals surface area contributed by atoms with E-state index in [4.69, 9.17) is 4.74 Å². The molecule has 3 aromatic rings. The van der Waals surface area contributed by atoms with E-state index < -0.39 is 0 Å². The van der Waals surface area contributed by atoms with E-state index in [1.54, 1.807) is 0 Å². The summed E-state index contributed by atoms with van der Waals surface area (Å²) in [6.07, 6.45) is 6.95. The zero-order valence-electron chi connectivity index (χ0n) is 19.1. The van der Waals surface area contributed by atoms with Crippen LogP contribution in [0, 0.1) is 5.92 Å². The molecule has 1 aliphatic heterocycles. The van der Waals surface area contributed by atoms with Crippen LogP contribution in [0.25, 0.3) is 5.00 Å². The monoisotopic (exact) mass is 449 g/mol. The van der Waals surface area contributed by atoms with Gasteiger partial charge in [-0.2, -0.15) is 0 Å². The van der Waals surface area contributed by atoms with E-state index in [1.807, 2.05) is 47.4 Å². The Bertz CT molecular complexity index is 1110. The Labute approximate surface area is 194 Å². The highest BCUT2D eigenvalue weighted by atomic mass is 32.1. The largest absolute Gasteiger partial charge is 0.494 e. The number of benzene rings is 1. The van der Waals surface area contributed by atoms with Gasteiger partial charge in [0.2, 0.25) is 0 Å². The maximum Gasteiger partial charge on any atom is 0.322 e. The maximum atomic E-state index is 13.7. The summed E-state index contributed by atoms with van der Waals surface area (Å²) >= 11 is 1.93. The van der Waals surface area contributed by atoms with Crippen LogP contribution in [0.4, 0.5) is 10.5 Å². The van der Waals surface area contributed by atoms with Crippen molar-refractivity contribution in [3.05, 3.63) is 64.3 Å². The smallest absolute Gasteiger partial charge is 0.322 e. The van der Waals surface area contributed by atoms with Crippen molar-refractivity contribution in [3.8, 4) is 10.8 Å². The van der Waals surface area contributed by atoms with Gasteiger partial charge < -0.3 is 19.5 Å². The lowest BCUT2D eigenvalue weighted by atomic mass is 9.94. The predicted octanol–water partition coefficient (Wildman–Crippen LogP) is 6.56. The van der Waals surface area contributed by atoms with Crippen molar-refractivity contribution in [2.45, 2.75) is 59.0 Å². The number of aromatic nitrogens is 1. The summed E-state index contributed by atoms with van der Waals surface area (Å²) in [4.78, 5) is 17.2. The molecule has 1 N–H and O–H groups in total. The molecule has 0 radical (unpaired) electrons. The molecule has 0 spiro atoms. The molecule has 1 aliphatic carbocycles. The molecule has 5 rings (SSSR count). The summed E-state index contributed by atoms with van der Waals surface area (Å²) in [6.45, 7) is 7.65. The Hall–Kier alpha value is -2.73. The number of nitrogens with one attached hydrogen (secondary N) is 1. The van der Waals surface area contributed by atoms with Crippen LogP contribution in [0.15, 0.2) is 42.6 Å². The van der Waals surface area contributed by atoms with E-state index in [0.717, 1.165) is 24.3 Å². The van der Waals surface area contributed by atoms with Crippen molar-refractivity contribution in [2.75, 3.05) is 11.9 Å². The number of carbonyl (C=O) groups is 1. The molecule has 0 bridgehead atoms. The van der Waals surface area contributed by atoms with E-state index in [0.29, 0.717) is 19.1 Å². The summed E-state index contributed by atoms with van der Waals surface area (Å²) in [7, 11) is 0. The zero-order valence-corrected chi connectivity index (χ0v) is 19.9. The van der Waals surface area contributed by atoms with Crippen molar-refractivity contribution >= 4 is 23.1 Å². The molecule has 32 heavy (non-hydrogen) atoms. The summed E-state index contributed by atoms with van der Waals surface area (Å²) in [5.41, 5.74) is 4.80. The van der Waals surface area contributed by atoms with Crippen LogP contribution < -0.4 is 10.1 Å². The molecular formula is C26H31N3O2S. The molecule has 6 heteroatoms. The van der Waals surface area contributed by atoms with Gasteiger partial charge in [-0.1, -0.05) is 13.8 Å². The number of fused-ring (bicyclic) bond motifs is 5. The third kappa shape index (κ3) is 3.71. The number of carbonyl (C=O) groups excluding carboxylic acids is 1.